The lowest BCUT2D eigenvalue weighted by molar-refractivity contribution is 0.111. The minimum atomic E-state index is 0.604. The molecule has 0 fully saturated rings. The van der Waals surface area contributed by atoms with E-state index in [4.69, 9.17) is 5.73 Å². The monoisotopic (exact) mass is 330 g/mol. The molecule has 0 heterocycles. The first kappa shape index (κ1) is 20.8. The van der Waals surface area contributed by atoms with E-state index in [1.807, 2.05) is 6.07 Å². The minimum Gasteiger partial charge on any atom is -0.399 e. The number of nitrogen functional groups attached to an aromatic ring is 1. The summed E-state index contributed by atoms with van der Waals surface area (Å²) in [7, 11) is 0. The Morgan fingerprint density at radius 3 is 2.50 bits per heavy atom. The lowest BCUT2D eigenvalue weighted by Crippen LogP contribution is -2.44. The fourth-order valence-corrected chi connectivity index (χ4v) is 3.72. The largest absolute Gasteiger partial charge is 0.399 e. The maximum Gasteiger partial charge on any atom is 0.0316 e. The summed E-state index contributed by atoms with van der Waals surface area (Å²) in [5.41, 5.74) is 9.43. The maximum absolute atomic E-state index is 5.93. The summed E-state index contributed by atoms with van der Waals surface area (Å²) in [6.45, 7) is 16.8. The van der Waals surface area contributed by atoms with E-state index in [0.717, 1.165) is 25.1 Å². The highest BCUT2D eigenvalue weighted by Gasteiger charge is 2.23. The molecule has 1 aromatic rings. The van der Waals surface area contributed by atoms with Crippen molar-refractivity contribution in [3.63, 3.8) is 0 Å². The Hall–Kier alpha value is -1.28. The topological polar surface area (TPSA) is 29.3 Å². The maximum atomic E-state index is 5.93. The Labute approximate surface area is 150 Å². The summed E-state index contributed by atoms with van der Waals surface area (Å²) < 4.78 is 0. The fourth-order valence-electron chi connectivity index (χ4n) is 3.72. The number of nitrogens with zero attached hydrogens (tertiary/aromatic N) is 1. The highest BCUT2D eigenvalue weighted by atomic mass is 15.2. The average Bonchev–Trinajstić information content (AvgIpc) is 2.50. The summed E-state index contributed by atoms with van der Waals surface area (Å²) in [4.78, 5) is 2.73. The molecule has 24 heavy (non-hydrogen) atoms. The van der Waals surface area contributed by atoms with E-state index in [1.165, 1.54) is 30.4 Å². The van der Waals surface area contributed by atoms with Crippen molar-refractivity contribution < 1.29 is 0 Å². The van der Waals surface area contributed by atoms with Crippen molar-refractivity contribution in [2.45, 2.75) is 78.8 Å². The van der Waals surface area contributed by atoms with E-state index >= 15 is 0 Å². The predicted molar refractivity (Wildman–Crippen MR) is 108 cm³/mol. The molecule has 0 bridgehead atoms. The predicted octanol–water partition coefficient (Wildman–Crippen LogP) is 5.68. The molecule has 0 amide bonds. The highest BCUT2D eigenvalue weighted by molar-refractivity contribution is 5.40. The molecule has 2 N–H and O–H groups in total. The lowest BCUT2D eigenvalue weighted by Gasteiger charge is -2.38. The van der Waals surface area contributed by atoms with Gasteiger partial charge in [-0.05, 0) is 63.1 Å². The number of rotatable bonds is 11. The number of hydrogen-bond acceptors (Lipinski definition) is 2. The van der Waals surface area contributed by atoms with Gasteiger partial charge in [-0.1, -0.05) is 44.9 Å². The van der Waals surface area contributed by atoms with E-state index < -0.39 is 0 Å². The Bertz CT molecular complexity index is 494. The molecule has 0 aliphatic carbocycles. The summed E-state index contributed by atoms with van der Waals surface area (Å²) in [5.74, 6) is 0.616. The summed E-state index contributed by atoms with van der Waals surface area (Å²) in [6.07, 6.45) is 5.88. The Kier molecular flexibility index (Phi) is 9.13. The molecular weight excluding hydrogens is 292 g/mol. The third kappa shape index (κ3) is 7.09. The first-order chi connectivity index (χ1) is 11.4. The molecule has 2 heteroatoms. The lowest BCUT2D eigenvalue weighted by atomic mass is 9.95. The normalized spacial score (nSPS) is 15.2. The quantitative estimate of drug-likeness (QED) is 0.417. The molecule has 1 aromatic carbocycles. The summed E-state index contributed by atoms with van der Waals surface area (Å²) in [6, 6.07) is 9.56. The molecule has 3 atom stereocenters. The SMILES string of the molecule is C=C(C)CC(CC)N(CC(C)Cc1cccc(N)c1)C(C)CCC. The molecule has 2 nitrogen and oxygen atoms in total. The zero-order valence-electron chi connectivity index (χ0n) is 16.5. The van der Waals surface area contributed by atoms with Crippen LogP contribution in [-0.4, -0.2) is 23.5 Å². The van der Waals surface area contributed by atoms with Gasteiger partial charge in [0.05, 0.1) is 0 Å². The van der Waals surface area contributed by atoms with Crippen molar-refractivity contribution in [2.24, 2.45) is 5.92 Å². The van der Waals surface area contributed by atoms with Crippen molar-refractivity contribution in [2.75, 3.05) is 12.3 Å². The first-order valence-electron chi connectivity index (χ1n) is 9.61. The zero-order valence-corrected chi connectivity index (χ0v) is 16.5. The van der Waals surface area contributed by atoms with Crippen LogP contribution in [0.25, 0.3) is 0 Å². The molecule has 0 aliphatic heterocycles. The molecular formula is C22H38N2. The number of nitrogens with two attached hydrogens (primary N) is 1. The fraction of sp³-hybridized carbons (Fsp3) is 0.636. The van der Waals surface area contributed by atoms with Crippen molar-refractivity contribution in [3.05, 3.63) is 42.0 Å². The highest BCUT2D eigenvalue weighted by Crippen LogP contribution is 2.22. The van der Waals surface area contributed by atoms with Gasteiger partial charge in [-0.3, -0.25) is 4.90 Å². The molecule has 3 unspecified atom stereocenters. The van der Waals surface area contributed by atoms with Crippen LogP contribution in [0.2, 0.25) is 0 Å². The second kappa shape index (κ2) is 10.6. The van der Waals surface area contributed by atoms with Gasteiger partial charge in [0.2, 0.25) is 0 Å². The molecule has 0 saturated heterocycles. The van der Waals surface area contributed by atoms with Crippen LogP contribution in [0, 0.1) is 5.92 Å². The second-order valence-corrected chi connectivity index (χ2v) is 7.61. The Morgan fingerprint density at radius 1 is 1.25 bits per heavy atom. The minimum absolute atomic E-state index is 0.604. The van der Waals surface area contributed by atoms with Gasteiger partial charge in [0.15, 0.2) is 0 Å². The van der Waals surface area contributed by atoms with Crippen LogP contribution in [0.15, 0.2) is 36.4 Å². The molecule has 0 radical (unpaired) electrons. The van der Waals surface area contributed by atoms with Crippen molar-refractivity contribution in [1.29, 1.82) is 0 Å². The van der Waals surface area contributed by atoms with Gasteiger partial charge in [0, 0.05) is 24.3 Å². The van der Waals surface area contributed by atoms with E-state index in [9.17, 15) is 0 Å². The van der Waals surface area contributed by atoms with Crippen LogP contribution in [-0.2, 0) is 6.42 Å². The van der Waals surface area contributed by atoms with Crippen molar-refractivity contribution in [1.82, 2.24) is 4.90 Å². The van der Waals surface area contributed by atoms with Gasteiger partial charge in [-0.25, -0.2) is 0 Å². The van der Waals surface area contributed by atoms with Crippen molar-refractivity contribution >= 4 is 5.69 Å². The molecule has 0 aliphatic rings. The number of benzene rings is 1. The van der Waals surface area contributed by atoms with Crippen LogP contribution in [0.1, 0.15) is 65.9 Å². The standard InChI is InChI=1S/C22H38N2/c1-7-10-19(6)24(22(8-2)13-17(3)4)16-18(5)14-20-11-9-12-21(23)15-20/h9,11-12,15,18-19,22H,3,7-8,10,13-14,16,23H2,1-2,4-6H3. The second-order valence-electron chi connectivity index (χ2n) is 7.61. The van der Waals surface area contributed by atoms with Crippen LogP contribution >= 0.6 is 0 Å². The molecule has 136 valence electrons. The molecule has 0 aromatic heterocycles. The third-order valence-corrected chi connectivity index (χ3v) is 4.85. The van der Waals surface area contributed by atoms with Crippen LogP contribution < -0.4 is 5.73 Å². The smallest absolute Gasteiger partial charge is 0.0316 e. The average molecular weight is 331 g/mol. The van der Waals surface area contributed by atoms with Gasteiger partial charge in [0.1, 0.15) is 0 Å². The van der Waals surface area contributed by atoms with Crippen LogP contribution in [0.3, 0.4) is 0 Å². The number of anilines is 1. The molecule has 0 saturated carbocycles. The van der Waals surface area contributed by atoms with Gasteiger partial charge in [-0.15, -0.1) is 6.58 Å². The van der Waals surface area contributed by atoms with Crippen LogP contribution in [0.5, 0.6) is 0 Å². The van der Waals surface area contributed by atoms with Crippen LogP contribution in [0.4, 0.5) is 5.69 Å². The third-order valence-electron chi connectivity index (χ3n) is 4.85. The van der Waals surface area contributed by atoms with Gasteiger partial charge in [-0.2, -0.15) is 0 Å². The van der Waals surface area contributed by atoms with Crippen molar-refractivity contribution in [3.8, 4) is 0 Å². The van der Waals surface area contributed by atoms with E-state index in [0.29, 0.717) is 18.0 Å². The zero-order chi connectivity index (χ0) is 18.1. The van der Waals surface area contributed by atoms with Gasteiger partial charge >= 0.3 is 0 Å². The number of hydrogen-bond donors (Lipinski definition) is 1. The Balaban J connectivity index is 2.80. The molecule has 1 rings (SSSR count). The summed E-state index contributed by atoms with van der Waals surface area (Å²) >= 11 is 0. The summed E-state index contributed by atoms with van der Waals surface area (Å²) in [5, 5.41) is 0. The van der Waals surface area contributed by atoms with E-state index in [2.05, 4.69) is 64.3 Å². The van der Waals surface area contributed by atoms with Gasteiger partial charge < -0.3 is 5.73 Å². The van der Waals surface area contributed by atoms with E-state index in [1.54, 1.807) is 0 Å². The first-order valence-corrected chi connectivity index (χ1v) is 9.61. The van der Waals surface area contributed by atoms with Gasteiger partial charge in [0.25, 0.3) is 0 Å². The molecule has 0 spiro atoms. The van der Waals surface area contributed by atoms with E-state index in [-0.39, 0.29) is 0 Å². The Morgan fingerprint density at radius 2 is 1.96 bits per heavy atom.